The fraction of sp³-hybridized carbons (Fsp3) is 0.923. The van der Waals surface area contributed by atoms with Crippen molar-refractivity contribution in [1.29, 1.82) is 0 Å². The number of hydroxylamine groups is 2. The molecule has 0 bridgehead atoms. The Morgan fingerprint density at radius 2 is 1.44 bits per heavy atom. The third kappa shape index (κ3) is 11.5. The highest BCUT2D eigenvalue weighted by Crippen LogP contribution is 2.09. The van der Waals surface area contributed by atoms with E-state index in [1.54, 1.807) is 14.1 Å². The molecule has 0 aromatic rings. The van der Waals surface area contributed by atoms with Gasteiger partial charge < -0.3 is 4.84 Å². The smallest absolute Gasteiger partial charge is 0.325 e. The molecular weight excluding hydrogens is 202 g/mol. The van der Waals surface area contributed by atoms with Gasteiger partial charge in [-0.2, -0.15) is 0 Å². The molecule has 3 nitrogen and oxygen atoms in total. The Kier molecular flexibility index (Phi) is 10.5. The van der Waals surface area contributed by atoms with Crippen molar-refractivity contribution in [3.05, 3.63) is 0 Å². The Hall–Kier alpha value is -0.570. The topological polar surface area (TPSA) is 29.5 Å². The Morgan fingerprint density at radius 1 is 0.938 bits per heavy atom. The predicted molar refractivity (Wildman–Crippen MR) is 67.0 cm³/mol. The molecule has 0 spiro atoms. The van der Waals surface area contributed by atoms with Crippen molar-refractivity contribution in [3.8, 4) is 0 Å². The second-order valence-electron chi connectivity index (χ2n) is 4.50. The van der Waals surface area contributed by atoms with E-state index in [1.807, 2.05) is 0 Å². The molecule has 16 heavy (non-hydrogen) atoms. The van der Waals surface area contributed by atoms with Gasteiger partial charge in [-0.05, 0) is 6.42 Å². The van der Waals surface area contributed by atoms with Gasteiger partial charge in [-0.25, -0.2) is 0 Å². The summed E-state index contributed by atoms with van der Waals surface area (Å²) in [5, 5.41) is 1.45. The molecule has 0 saturated heterocycles. The van der Waals surface area contributed by atoms with Crippen molar-refractivity contribution in [2.24, 2.45) is 0 Å². The van der Waals surface area contributed by atoms with Crippen molar-refractivity contribution in [2.45, 2.75) is 64.7 Å². The molecule has 96 valence electrons. The highest BCUT2D eigenvalue weighted by molar-refractivity contribution is 5.68. The van der Waals surface area contributed by atoms with Crippen LogP contribution in [-0.2, 0) is 9.63 Å². The summed E-state index contributed by atoms with van der Waals surface area (Å²) < 4.78 is 0. The maximum Gasteiger partial charge on any atom is 0.325 e. The van der Waals surface area contributed by atoms with E-state index in [4.69, 9.17) is 4.84 Å². The number of carbonyl (C=O) groups is 1. The fourth-order valence-corrected chi connectivity index (χ4v) is 1.65. The van der Waals surface area contributed by atoms with Crippen LogP contribution in [0, 0.1) is 0 Å². The third-order valence-corrected chi connectivity index (χ3v) is 2.52. The summed E-state index contributed by atoms with van der Waals surface area (Å²) in [7, 11) is 3.46. The molecule has 0 amide bonds. The van der Waals surface area contributed by atoms with Crippen LogP contribution in [0.2, 0.25) is 0 Å². The highest BCUT2D eigenvalue weighted by Gasteiger charge is 2.03. The van der Waals surface area contributed by atoms with Crippen LogP contribution in [0.1, 0.15) is 64.7 Å². The van der Waals surface area contributed by atoms with E-state index in [2.05, 4.69) is 6.92 Å². The molecule has 0 fully saturated rings. The molecular formula is C13H27NO2. The molecule has 0 N–H and O–H groups in total. The summed E-state index contributed by atoms with van der Waals surface area (Å²) in [4.78, 5) is 16.1. The second-order valence-corrected chi connectivity index (χ2v) is 4.50. The van der Waals surface area contributed by atoms with Crippen LogP contribution in [0.25, 0.3) is 0 Å². The molecule has 0 saturated carbocycles. The van der Waals surface area contributed by atoms with E-state index in [9.17, 15) is 4.79 Å². The summed E-state index contributed by atoms with van der Waals surface area (Å²) in [5.41, 5.74) is 0. The summed E-state index contributed by atoms with van der Waals surface area (Å²) in [5.74, 6) is -0.115. The third-order valence-electron chi connectivity index (χ3n) is 2.52. The van der Waals surface area contributed by atoms with Crippen molar-refractivity contribution in [1.82, 2.24) is 5.06 Å². The maximum atomic E-state index is 11.2. The first-order valence-corrected chi connectivity index (χ1v) is 6.55. The van der Waals surface area contributed by atoms with Crippen molar-refractivity contribution in [2.75, 3.05) is 14.1 Å². The lowest BCUT2D eigenvalue weighted by atomic mass is 10.1. The minimum Gasteiger partial charge on any atom is -0.369 e. The Balaban J connectivity index is 3.11. The van der Waals surface area contributed by atoms with E-state index >= 15 is 0 Å². The lowest BCUT2D eigenvalue weighted by Crippen LogP contribution is -2.18. The van der Waals surface area contributed by atoms with Crippen LogP contribution in [0.15, 0.2) is 0 Å². The van der Waals surface area contributed by atoms with Gasteiger partial charge in [-0.15, -0.1) is 5.06 Å². The average molecular weight is 229 g/mol. The van der Waals surface area contributed by atoms with Gasteiger partial charge in [0, 0.05) is 20.5 Å². The average Bonchev–Trinajstić information content (AvgIpc) is 2.21. The number of hydrogen-bond donors (Lipinski definition) is 0. The summed E-state index contributed by atoms with van der Waals surface area (Å²) in [6, 6.07) is 0. The molecule has 0 atom stereocenters. The van der Waals surface area contributed by atoms with Crippen LogP contribution < -0.4 is 0 Å². The molecule has 0 aliphatic rings. The minimum absolute atomic E-state index is 0.115. The Labute approximate surface area is 100 Å². The van der Waals surface area contributed by atoms with Crippen LogP contribution in [0.5, 0.6) is 0 Å². The number of carbonyl (C=O) groups excluding carboxylic acids is 1. The van der Waals surface area contributed by atoms with E-state index in [-0.39, 0.29) is 5.97 Å². The SMILES string of the molecule is CCCCCCCCCCC(=O)ON(C)C. The number of rotatable bonds is 10. The molecule has 0 unspecified atom stereocenters. The molecule has 3 heteroatoms. The second kappa shape index (κ2) is 10.9. The van der Waals surface area contributed by atoms with E-state index in [0.29, 0.717) is 6.42 Å². The molecule has 0 aromatic carbocycles. The van der Waals surface area contributed by atoms with Gasteiger partial charge in [0.2, 0.25) is 0 Å². The monoisotopic (exact) mass is 229 g/mol. The summed E-state index contributed by atoms with van der Waals surface area (Å²) in [6.45, 7) is 2.23. The zero-order chi connectivity index (χ0) is 12.2. The van der Waals surface area contributed by atoms with Crippen LogP contribution in [-0.4, -0.2) is 25.1 Å². The lowest BCUT2D eigenvalue weighted by Gasteiger charge is -2.09. The first-order chi connectivity index (χ1) is 7.66. The first-order valence-electron chi connectivity index (χ1n) is 6.55. The Morgan fingerprint density at radius 3 is 1.94 bits per heavy atom. The first kappa shape index (κ1) is 15.4. The van der Waals surface area contributed by atoms with E-state index in [1.165, 1.54) is 43.6 Å². The largest absolute Gasteiger partial charge is 0.369 e. The normalized spacial score (nSPS) is 10.8. The van der Waals surface area contributed by atoms with Gasteiger partial charge in [0.1, 0.15) is 0 Å². The van der Waals surface area contributed by atoms with E-state index < -0.39 is 0 Å². The van der Waals surface area contributed by atoms with Gasteiger partial charge in [0.25, 0.3) is 0 Å². The van der Waals surface area contributed by atoms with Crippen molar-refractivity contribution < 1.29 is 9.63 Å². The van der Waals surface area contributed by atoms with Crippen LogP contribution in [0.3, 0.4) is 0 Å². The standard InChI is InChI=1S/C13H27NO2/c1-4-5-6-7-8-9-10-11-12-13(15)16-14(2)3/h4-12H2,1-3H3. The number of nitrogens with zero attached hydrogens (tertiary/aromatic N) is 1. The predicted octanol–water partition coefficient (Wildman–Crippen LogP) is 3.54. The molecule has 0 rings (SSSR count). The van der Waals surface area contributed by atoms with Gasteiger partial charge in [0.15, 0.2) is 0 Å². The van der Waals surface area contributed by atoms with Gasteiger partial charge >= 0.3 is 5.97 Å². The lowest BCUT2D eigenvalue weighted by molar-refractivity contribution is -0.178. The summed E-state index contributed by atoms with van der Waals surface area (Å²) >= 11 is 0. The maximum absolute atomic E-state index is 11.2. The summed E-state index contributed by atoms with van der Waals surface area (Å²) in [6.07, 6.45) is 10.6. The van der Waals surface area contributed by atoms with Crippen molar-refractivity contribution in [3.63, 3.8) is 0 Å². The van der Waals surface area contributed by atoms with Crippen LogP contribution in [0.4, 0.5) is 0 Å². The highest BCUT2D eigenvalue weighted by atomic mass is 16.7. The molecule has 0 aromatic heterocycles. The quantitative estimate of drug-likeness (QED) is 0.424. The van der Waals surface area contributed by atoms with E-state index in [0.717, 1.165) is 12.8 Å². The zero-order valence-electron chi connectivity index (χ0n) is 11.1. The number of unbranched alkanes of at least 4 members (excludes halogenated alkanes) is 7. The Bertz CT molecular complexity index is 169. The van der Waals surface area contributed by atoms with Crippen molar-refractivity contribution >= 4 is 5.97 Å². The minimum atomic E-state index is -0.115. The van der Waals surface area contributed by atoms with Gasteiger partial charge in [0.05, 0.1) is 0 Å². The molecule has 0 heterocycles. The molecule has 0 aliphatic heterocycles. The van der Waals surface area contributed by atoms with Crippen LogP contribution >= 0.6 is 0 Å². The molecule has 0 radical (unpaired) electrons. The zero-order valence-corrected chi connectivity index (χ0v) is 11.1. The molecule has 0 aliphatic carbocycles. The van der Waals surface area contributed by atoms with Gasteiger partial charge in [-0.3, -0.25) is 4.79 Å². The fourth-order valence-electron chi connectivity index (χ4n) is 1.65. The van der Waals surface area contributed by atoms with Gasteiger partial charge in [-0.1, -0.05) is 51.9 Å². The number of hydrogen-bond acceptors (Lipinski definition) is 3.